The lowest BCUT2D eigenvalue weighted by Crippen LogP contribution is -1.99. The molecule has 0 amide bonds. The third kappa shape index (κ3) is 2.44. The lowest BCUT2D eigenvalue weighted by atomic mass is 10.1. The van der Waals surface area contributed by atoms with Crippen LogP contribution in [0.1, 0.15) is 16.5 Å². The van der Waals surface area contributed by atoms with E-state index in [9.17, 15) is 9.50 Å². The van der Waals surface area contributed by atoms with Crippen LogP contribution in [0.5, 0.6) is 5.75 Å². The third-order valence-electron chi connectivity index (χ3n) is 2.38. The average Bonchev–Trinajstić information content (AvgIpc) is 2.75. The molecule has 1 N–H and O–H groups in total. The van der Waals surface area contributed by atoms with E-state index in [0.29, 0.717) is 15.5 Å². The molecule has 0 fully saturated rings. The molecule has 1 heterocycles. The second kappa shape index (κ2) is 5.04. The van der Waals surface area contributed by atoms with E-state index in [-0.39, 0.29) is 5.75 Å². The van der Waals surface area contributed by atoms with Gasteiger partial charge in [-0.2, -0.15) is 0 Å². The molecular weight excluding hydrogens is 263 g/mol. The molecule has 5 heteroatoms. The highest BCUT2D eigenvalue weighted by atomic mass is 35.5. The molecule has 0 radical (unpaired) electrons. The Hall–Kier alpha value is -1.10. The Labute approximate surface area is 107 Å². The molecule has 1 atom stereocenters. The average molecular weight is 273 g/mol. The SMILES string of the molecule is COc1cc(C(O)c2sccc2Cl)ccc1F. The van der Waals surface area contributed by atoms with Crippen LogP contribution in [0.2, 0.25) is 5.02 Å². The maximum absolute atomic E-state index is 13.2. The Bertz CT molecular complexity index is 527. The fourth-order valence-corrected chi connectivity index (χ4v) is 2.67. The first kappa shape index (κ1) is 12.4. The number of hydrogen-bond donors (Lipinski definition) is 1. The van der Waals surface area contributed by atoms with Crippen molar-refractivity contribution in [2.75, 3.05) is 7.11 Å². The van der Waals surface area contributed by atoms with Gasteiger partial charge in [0.05, 0.1) is 17.0 Å². The standard InChI is InChI=1S/C12H10ClFO2S/c1-16-10-6-7(2-3-9(10)14)11(15)12-8(13)4-5-17-12/h2-6,11,15H,1H3. The van der Waals surface area contributed by atoms with Crippen molar-refractivity contribution in [3.05, 3.63) is 50.9 Å². The van der Waals surface area contributed by atoms with Gasteiger partial charge < -0.3 is 9.84 Å². The molecule has 90 valence electrons. The van der Waals surface area contributed by atoms with Crippen molar-refractivity contribution >= 4 is 22.9 Å². The summed E-state index contributed by atoms with van der Waals surface area (Å²) in [5.41, 5.74) is 0.549. The Morgan fingerprint density at radius 3 is 2.76 bits per heavy atom. The summed E-state index contributed by atoms with van der Waals surface area (Å²) in [5, 5.41) is 12.4. The molecule has 0 spiro atoms. The normalized spacial score (nSPS) is 12.5. The number of halogens is 2. The zero-order chi connectivity index (χ0) is 12.4. The minimum Gasteiger partial charge on any atom is -0.494 e. The molecule has 17 heavy (non-hydrogen) atoms. The molecule has 0 bridgehead atoms. The molecule has 0 saturated carbocycles. The number of benzene rings is 1. The number of rotatable bonds is 3. The molecule has 2 rings (SSSR count). The highest BCUT2D eigenvalue weighted by molar-refractivity contribution is 7.10. The lowest BCUT2D eigenvalue weighted by Gasteiger charge is -2.11. The maximum Gasteiger partial charge on any atom is 0.165 e. The highest BCUT2D eigenvalue weighted by Gasteiger charge is 2.17. The first-order valence-electron chi connectivity index (χ1n) is 4.88. The number of thiophene rings is 1. The second-order valence-electron chi connectivity index (χ2n) is 3.43. The van der Waals surface area contributed by atoms with Crippen LogP contribution in [0.15, 0.2) is 29.6 Å². The molecule has 1 unspecified atom stereocenters. The summed E-state index contributed by atoms with van der Waals surface area (Å²) in [6.07, 6.45) is -0.864. The molecule has 0 saturated heterocycles. The molecule has 0 aliphatic rings. The van der Waals surface area contributed by atoms with Crippen molar-refractivity contribution in [3.63, 3.8) is 0 Å². The minimum atomic E-state index is -0.864. The summed E-state index contributed by atoms with van der Waals surface area (Å²) >= 11 is 7.29. The second-order valence-corrected chi connectivity index (χ2v) is 4.78. The van der Waals surface area contributed by atoms with Crippen LogP contribution >= 0.6 is 22.9 Å². The summed E-state index contributed by atoms with van der Waals surface area (Å²) in [6, 6.07) is 5.96. The minimum absolute atomic E-state index is 0.106. The topological polar surface area (TPSA) is 29.5 Å². The molecule has 1 aromatic carbocycles. The highest BCUT2D eigenvalue weighted by Crippen LogP contribution is 2.34. The molecule has 1 aromatic heterocycles. The summed E-state index contributed by atoms with van der Waals surface area (Å²) in [4.78, 5) is 0.639. The maximum atomic E-state index is 13.2. The Balaban J connectivity index is 2.38. The van der Waals surface area contributed by atoms with Crippen LogP contribution in [-0.2, 0) is 0 Å². The monoisotopic (exact) mass is 272 g/mol. The van der Waals surface area contributed by atoms with Crippen molar-refractivity contribution in [3.8, 4) is 5.75 Å². The Morgan fingerprint density at radius 1 is 1.41 bits per heavy atom. The van der Waals surface area contributed by atoms with E-state index in [0.717, 1.165) is 0 Å². The quantitative estimate of drug-likeness (QED) is 0.924. The van der Waals surface area contributed by atoms with Crippen LogP contribution in [0, 0.1) is 5.82 Å². The number of ether oxygens (including phenoxy) is 1. The predicted octanol–water partition coefficient (Wildman–Crippen LogP) is 3.63. The zero-order valence-electron chi connectivity index (χ0n) is 8.98. The van der Waals surface area contributed by atoms with Crippen LogP contribution in [0.3, 0.4) is 0 Å². The molecular formula is C12H10ClFO2S. The van der Waals surface area contributed by atoms with Crippen molar-refractivity contribution in [2.45, 2.75) is 6.10 Å². The van der Waals surface area contributed by atoms with Crippen LogP contribution in [-0.4, -0.2) is 12.2 Å². The zero-order valence-corrected chi connectivity index (χ0v) is 10.6. The van der Waals surface area contributed by atoms with Gasteiger partial charge in [-0.1, -0.05) is 17.7 Å². The van der Waals surface area contributed by atoms with E-state index in [1.165, 1.54) is 36.6 Å². The van der Waals surface area contributed by atoms with Gasteiger partial charge in [0.2, 0.25) is 0 Å². The molecule has 0 aliphatic carbocycles. The fourth-order valence-electron chi connectivity index (χ4n) is 1.50. The fraction of sp³-hybridized carbons (Fsp3) is 0.167. The van der Waals surface area contributed by atoms with Gasteiger partial charge >= 0.3 is 0 Å². The van der Waals surface area contributed by atoms with E-state index in [1.54, 1.807) is 11.4 Å². The smallest absolute Gasteiger partial charge is 0.165 e. The van der Waals surface area contributed by atoms with E-state index < -0.39 is 11.9 Å². The first-order valence-corrected chi connectivity index (χ1v) is 6.13. The summed E-state index contributed by atoms with van der Waals surface area (Å²) < 4.78 is 18.1. The van der Waals surface area contributed by atoms with Crippen molar-refractivity contribution in [1.82, 2.24) is 0 Å². The van der Waals surface area contributed by atoms with Gasteiger partial charge in [-0.15, -0.1) is 11.3 Å². The van der Waals surface area contributed by atoms with Gasteiger partial charge in [0, 0.05) is 0 Å². The summed E-state index contributed by atoms with van der Waals surface area (Å²) in [5.74, 6) is -0.352. The van der Waals surface area contributed by atoms with Gasteiger partial charge in [-0.3, -0.25) is 0 Å². The van der Waals surface area contributed by atoms with E-state index in [2.05, 4.69) is 0 Å². The third-order valence-corrected chi connectivity index (χ3v) is 3.79. The number of aliphatic hydroxyl groups is 1. The Kier molecular flexibility index (Phi) is 3.66. The van der Waals surface area contributed by atoms with Gasteiger partial charge in [-0.05, 0) is 29.1 Å². The van der Waals surface area contributed by atoms with Crippen molar-refractivity contribution in [2.24, 2.45) is 0 Å². The van der Waals surface area contributed by atoms with Crippen LogP contribution in [0.4, 0.5) is 4.39 Å². The van der Waals surface area contributed by atoms with Crippen LogP contribution in [0.25, 0.3) is 0 Å². The van der Waals surface area contributed by atoms with E-state index >= 15 is 0 Å². The Morgan fingerprint density at radius 2 is 2.18 bits per heavy atom. The first-order chi connectivity index (χ1) is 8.13. The molecule has 2 aromatic rings. The van der Waals surface area contributed by atoms with Crippen molar-refractivity contribution in [1.29, 1.82) is 0 Å². The van der Waals surface area contributed by atoms with Crippen molar-refractivity contribution < 1.29 is 14.2 Å². The summed E-state index contributed by atoms with van der Waals surface area (Å²) in [7, 11) is 1.38. The van der Waals surface area contributed by atoms with E-state index in [4.69, 9.17) is 16.3 Å². The largest absolute Gasteiger partial charge is 0.494 e. The number of aliphatic hydroxyl groups excluding tert-OH is 1. The van der Waals surface area contributed by atoms with Gasteiger partial charge in [0.15, 0.2) is 11.6 Å². The molecule has 0 aliphatic heterocycles. The molecule has 2 nitrogen and oxygen atoms in total. The van der Waals surface area contributed by atoms with Gasteiger partial charge in [-0.25, -0.2) is 4.39 Å². The number of methoxy groups -OCH3 is 1. The van der Waals surface area contributed by atoms with Crippen LogP contribution < -0.4 is 4.74 Å². The van der Waals surface area contributed by atoms with Gasteiger partial charge in [0.25, 0.3) is 0 Å². The van der Waals surface area contributed by atoms with E-state index in [1.807, 2.05) is 0 Å². The number of hydrogen-bond acceptors (Lipinski definition) is 3. The lowest BCUT2D eigenvalue weighted by molar-refractivity contribution is 0.223. The predicted molar refractivity (Wildman–Crippen MR) is 66.3 cm³/mol. The van der Waals surface area contributed by atoms with Gasteiger partial charge in [0.1, 0.15) is 6.10 Å². The summed E-state index contributed by atoms with van der Waals surface area (Å²) in [6.45, 7) is 0.